The smallest absolute Gasteiger partial charge is 0.337 e. The summed E-state index contributed by atoms with van der Waals surface area (Å²) in [6.45, 7) is 1.63. The van der Waals surface area contributed by atoms with E-state index in [4.69, 9.17) is 0 Å². The number of methoxy groups -OCH3 is 1. The molecule has 24 heavy (non-hydrogen) atoms. The van der Waals surface area contributed by atoms with Crippen LogP contribution in [0.15, 0.2) is 42.6 Å². The van der Waals surface area contributed by atoms with Crippen molar-refractivity contribution in [2.45, 2.75) is 12.8 Å². The van der Waals surface area contributed by atoms with Crippen molar-refractivity contribution in [2.75, 3.05) is 25.5 Å². The number of amides is 1. The van der Waals surface area contributed by atoms with Gasteiger partial charge >= 0.3 is 5.97 Å². The van der Waals surface area contributed by atoms with Crippen LogP contribution in [-0.4, -0.2) is 42.0 Å². The van der Waals surface area contributed by atoms with Crippen LogP contribution in [0.2, 0.25) is 0 Å². The van der Waals surface area contributed by atoms with Gasteiger partial charge in [0, 0.05) is 18.8 Å². The number of ether oxygens (including phenoxy) is 1. The minimum absolute atomic E-state index is 0.0125. The maximum Gasteiger partial charge on any atom is 0.337 e. The Morgan fingerprint density at radius 3 is 2.29 bits per heavy atom. The highest BCUT2D eigenvalue weighted by Crippen LogP contribution is 2.18. The number of likely N-dealkylation sites (tertiary alicyclic amines) is 1. The number of carbonyl (C=O) groups is 2. The Balaban J connectivity index is 1.65. The molecule has 124 valence electrons. The third kappa shape index (κ3) is 3.53. The van der Waals surface area contributed by atoms with Crippen molar-refractivity contribution in [3.63, 3.8) is 0 Å². The lowest BCUT2D eigenvalue weighted by molar-refractivity contribution is 0.0600. The maximum absolute atomic E-state index is 12.2. The zero-order chi connectivity index (χ0) is 16.9. The third-order valence-electron chi connectivity index (χ3n) is 3.97. The van der Waals surface area contributed by atoms with Crippen molar-refractivity contribution in [3.8, 4) is 0 Å². The molecular weight excluding hydrogens is 306 g/mol. The van der Waals surface area contributed by atoms with Crippen molar-refractivity contribution in [2.24, 2.45) is 0 Å². The van der Waals surface area contributed by atoms with Crippen molar-refractivity contribution < 1.29 is 14.3 Å². The Hall–Kier alpha value is -2.89. The molecule has 0 unspecified atom stereocenters. The lowest BCUT2D eigenvalue weighted by Gasteiger charge is -2.14. The standard InChI is InChI=1S/C18H19N3O3/c1-24-18(23)13-4-6-14(7-5-13)20-15-8-9-16(19-12-15)17(22)21-10-2-3-11-21/h4-9,12,20H,2-3,10-11H2,1H3. The minimum Gasteiger partial charge on any atom is -0.465 e. The monoisotopic (exact) mass is 325 g/mol. The minimum atomic E-state index is -0.368. The van der Waals surface area contributed by atoms with Gasteiger partial charge in [0.2, 0.25) is 0 Å². The molecule has 2 aromatic rings. The first-order valence-corrected chi connectivity index (χ1v) is 7.88. The fourth-order valence-corrected chi connectivity index (χ4v) is 2.65. The molecule has 1 N–H and O–H groups in total. The third-order valence-corrected chi connectivity index (χ3v) is 3.97. The molecule has 0 saturated carbocycles. The van der Waals surface area contributed by atoms with Gasteiger partial charge in [0.05, 0.1) is 24.6 Å². The summed E-state index contributed by atoms with van der Waals surface area (Å²) in [5, 5.41) is 3.18. The number of nitrogens with one attached hydrogen (secondary N) is 1. The van der Waals surface area contributed by atoms with Gasteiger partial charge in [-0.1, -0.05) is 0 Å². The number of hydrogen-bond acceptors (Lipinski definition) is 5. The molecule has 1 amide bonds. The molecule has 0 bridgehead atoms. The van der Waals surface area contributed by atoms with E-state index in [2.05, 4.69) is 15.0 Å². The van der Waals surface area contributed by atoms with E-state index >= 15 is 0 Å². The molecule has 0 atom stereocenters. The van der Waals surface area contributed by atoms with Crippen LogP contribution in [0.5, 0.6) is 0 Å². The van der Waals surface area contributed by atoms with Gasteiger partial charge in [0.15, 0.2) is 0 Å². The number of carbonyl (C=O) groups excluding carboxylic acids is 2. The molecule has 1 aliphatic heterocycles. The molecular formula is C18H19N3O3. The quantitative estimate of drug-likeness (QED) is 0.875. The van der Waals surface area contributed by atoms with Gasteiger partial charge in [0.25, 0.3) is 5.91 Å². The Morgan fingerprint density at radius 1 is 1.04 bits per heavy atom. The first kappa shape index (κ1) is 16.0. The lowest BCUT2D eigenvalue weighted by Crippen LogP contribution is -2.28. The maximum atomic E-state index is 12.2. The lowest BCUT2D eigenvalue weighted by atomic mass is 10.2. The molecule has 0 radical (unpaired) electrons. The Kier molecular flexibility index (Phi) is 4.74. The molecule has 0 spiro atoms. The Morgan fingerprint density at radius 2 is 1.71 bits per heavy atom. The molecule has 6 nitrogen and oxygen atoms in total. The number of esters is 1. The molecule has 2 heterocycles. The van der Waals surface area contributed by atoms with E-state index in [9.17, 15) is 9.59 Å². The predicted molar refractivity (Wildman–Crippen MR) is 90.4 cm³/mol. The van der Waals surface area contributed by atoms with Crippen molar-refractivity contribution in [1.29, 1.82) is 0 Å². The van der Waals surface area contributed by atoms with Crippen molar-refractivity contribution in [3.05, 3.63) is 53.9 Å². The van der Waals surface area contributed by atoms with Crippen LogP contribution in [0.4, 0.5) is 11.4 Å². The summed E-state index contributed by atoms with van der Waals surface area (Å²) >= 11 is 0. The topological polar surface area (TPSA) is 71.5 Å². The molecule has 0 aliphatic carbocycles. The van der Waals surface area contributed by atoms with Crippen LogP contribution in [0, 0.1) is 0 Å². The van der Waals surface area contributed by atoms with Gasteiger partial charge in [-0.15, -0.1) is 0 Å². The Bertz CT molecular complexity index is 720. The number of hydrogen-bond donors (Lipinski definition) is 1. The zero-order valence-electron chi connectivity index (χ0n) is 13.5. The van der Waals surface area contributed by atoms with Crippen molar-refractivity contribution in [1.82, 2.24) is 9.88 Å². The highest BCUT2D eigenvalue weighted by atomic mass is 16.5. The van der Waals surface area contributed by atoms with Crippen LogP contribution in [-0.2, 0) is 4.74 Å². The normalized spacial score (nSPS) is 13.6. The van der Waals surface area contributed by atoms with Crippen LogP contribution >= 0.6 is 0 Å². The van der Waals surface area contributed by atoms with Gasteiger partial charge in [0.1, 0.15) is 5.69 Å². The number of benzene rings is 1. The highest BCUT2D eigenvalue weighted by Gasteiger charge is 2.20. The summed E-state index contributed by atoms with van der Waals surface area (Å²) in [6, 6.07) is 10.5. The summed E-state index contributed by atoms with van der Waals surface area (Å²) in [4.78, 5) is 29.7. The fraction of sp³-hybridized carbons (Fsp3) is 0.278. The second kappa shape index (κ2) is 7.12. The summed E-state index contributed by atoms with van der Waals surface area (Å²) in [6.07, 6.45) is 3.76. The van der Waals surface area contributed by atoms with Gasteiger partial charge in [-0.05, 0) is 49.2 Å². The predicted octanol–water partition coefficient (Wildman–Crippen LogP) is 2.85. The van der Waals surface area contributed by atoms with E-state index in [1.807, 2.05) is 11.0 Å². The van der Waals surface area contributed by atoms with E-state index in [0.29, 0.717) is 11.3 Å². The summed E-state index contributed by atoms with van der Waals surface area (Å²) in [5.74, 6) is -0.380. The average Bonchev–Trinajstić information content (AvgIpc) is 3.16. The van der Waals surface area contributed by atoms with Crippen LogP contribution in [0.3, 0.4) is 0 Å². The number of aromatic nitrogens is 1. The van der Waals surface area contributed by atoms with E-state index in [0.717, 1.165) is 37.3 Å². The second-order valence-electron chi connectivity index (χ2n) is 5.63. The van der Waals surface area contributed by atoms with Crippen molar-refractivity contribution >= 4 is 23.3 Å². The molecule has 3 rings (SSSR count). The molecule has 1 aromatic carbocycles. The summed E-state index contributed by atoms with van der Waals surface area (Å²) < 4.78 is 4.67. The number of nitrogens with zero attached hydrogens (tertiary/aromatic N) is 2. The second-order valence-corrected chi connectivity index (χ2v) is 5.63. The van der Waals surface area contributed by atoms with E-state index in [1.54, 1.807) is 36.5 Å². The molecule has 6 heteroatoms. The van der Waals surface area contributed by atoms with Gasteiger partial charge in [-0.3, -0.25) is 4.79 Å². The van der Waals surface area contributed by atoms with Crippen LogP contribution in [0.1, 0.15) is 33.7 Å². The van der Waals surface area contributed by atoms with E-state index in [1.165, 1.54) is 7.11 Å². The summed E-state index contributed by atoms with van der Waals surface area (Å²) in [5.41, 5.74) is 2.55. The van der Waals surface area contributed by atoms with Gasteiger partial charge in [-0.25, -0.2) is 9.78 Å². The Labute approximate surface area is 140 Å². The average molecular weight is 325 g/mol. The molecule has 1 aromatic heterocycles. The first-order chi connectivity index (χ1) is 11.7. The summed E-state index contributed by atoms with van der Waals surface area (Å²) in [7, 11) is 1.35. The van der Waals surface area contributed by atoms with E-state index < -0.39 is 0 Å². The van der Waals surface area contributed by atoms with E-state index in [-0.39, 0.29) is 11.9 Å². The van der Waals surface area contributed by atoms with Crippen LogP contribution < -0.4 is 5.32 Å². The number of pyridine rings is 1. The fourth-order valence-electron chi connectivity index (χ4n) is 2.65. The molecule has 1 aliphatic rings. The highest BCUT2D eigenvalue weighted by molar-refractivity contribution is 5.92. The molecule has 1 saturated heterocycles. The number of rotatable bonds is 4. The number of anilines is 2. The SMILES string of the molecule is COC(=O)c1ccc(Nc2ccc(C(=O)N3CCCC3)nc2)cc1. The van der Waals surface area contributed by atoms with Gasteiger partial charge in [-0.2, -0.15) is 0 Å². The van der Waals surface area contributed by atoms with Crippen LogP contribution in [0.25, 0.3) is 0 Å². The largest absolute Gasteiger partial charge is 0.465 e. The van der Waals surface area contributed by atoms with Gasteiger partial charge < -0.3 is 15.0 Å². The first-order valence-electron chi connectivity index (χ1n) is 7.88. The zero-order valence-corrected chi connectivity index (χ0v) is 13.5. The molecule has 1 fully saturated rings.